The van der Waals surface area contributed by atoms with Gasteiger partial charge in [-0.3, -0.25) is 14.9 Å². The topological polar surface area (TPSA) is 90.9 Å². The number of hydrogen-bond acceptors (Lipinski definition) is 5. The number of Topliss-reactive ketones (excluding diaryl/α,β-unsaturated/α-hetero) is 1. The van der Waals surface area contributed by atoms with E-state index in [0.717, 1.165) is 5.52 Å². The van der Waals surface area contributed by atoms with Crippen LogP contribution in [-0.2, 0) is 0 Å². The van der Waals surface area contributed by atoms with E-state index in [2.05, 4.69) is 10.3 Å². The molecule has 0 aliphatic carbocycles. The molecule has 0 bridgehead atoms. The first kappa shape index (κ1) is 12.9. The molecule has 0 aliphatic rings. The van der Waals surface area contributed by atoms with Crippen molar-refractivity contribution in [3.63, 3.8) is 0 Å². The van der Waals surface area contributed by atoms with Crippen molar-refractivity contribution >= 4 is 22.5 Å². The zero-order valence-corrected chi connectivity index (χ0v) is 11.1. The number of benzene rings is 2. The van der Waals surface area contributed by atoms with Crippen molar-refractivity contribution in [2.24, 2.45) is 0 Å². The fourth-order valence-electron chi connectivity index (χ4n) is 2.16. The minimum Gasteiger partial charge on any atom is -0.294 e. The van der Waals surface area contributed by atoms with Gasteiger partial charge in [0.15, 0.2) is 5.78 Å². The Balaban J connectivity index is 2.22. The zero-order chi connectivity index (χ0) is 15.0. The fraction of sp³-hybridized carbons (Fsp3) is 0.0714. The van der Waals surface area contributed by atoms with E-state index in [-0.39, 0.29) is 17.0 Å². The maximum absolute atomic E-state index is 11.6. The number of nitro groups is 1. The van der Waals surface area contributed by atoms with Crippen LogP contribution in [0.3, 0.4) is 0 Å². The molecule has 21 heavy (non-hydrogen) atoms. The smallest absolute Gasteiger partial charge is 0.280 e. The van der Waals surface area contributed by atoms with E-state index < -0.39 is 4.92 Å². The van der Waals surface area contributed by atoms with Gasteiger partial charge in [-0.25, -0.2) is 4.68 Å². The summed E-state index contributed by atoms with van der Waals surface area (Å²) in [6, 6.07) is 11.7. The van der Waals surface area contributed by atoms with E-state index in [4.69, 9.17) is 0 Å². The van der Waals surface area contributed by atoms with Crippen molar-refractivity contribution in [2.75, 3.05) is 0 Å². The second-order valence-electron chi connectivity index (χ2n) is 4.50. The summed E-state index contributed by atoms with van der Waals surface area (Å²) in [4.78, 5) is 22.0. The molecule has 0 unspecified atom stereocenters. The highest BCUT2D eigenvalue weighted by Crippen LogP contribution is 2.24. The highest BCUT2D eigenvalue weighted by atomic mass is 16.6. The van der Waals surface area contributed by atoms with Crippen molar-refractivity contribution in [3.05, 3.63) is 58.1 Å². The van der Waals surface area contributed by atoms with Gasteiger partial charge in [0.25, 0.3) is 5.69 Å². The van der Waals surface area contributed by atoms with Gasteiger partial charge in [-0.2, -0.15) is 0 Å². The molecule has 0 saturated carbocycles. The molecule has 0 atom stereocenters. The quantitative estimate of drug-likeness (QED) is 0.418. The van der Waals surface area contributed by atoms with Gasteiger partial charge < -0.3 is 0 Å². The highest BCUT2D eigenvalue weighted by Gasteiger charge is 2.19. The van der Waals surface area contributed by atoms with Crippen LogP contribution in [-0.4, -0.2) is 25.7 Å². The van der Waals surface area contributed by atoms with Gasteiger partial charge in [-0.05, 0) is 31.2 Å². The van der Waals surface area contributed by atoms with E-state index in [1.807, 2.05) is 24.3 Å². The normalized spacial score (nSPS) is 10.7. The first-order valence-corrected chi connectivity index (χ1v) is 6.18. The number of carbonyl (C=O) groups excluding carboxylic acids is 1. The fourth-order valence-corrected chi connectivity index (χ4v) is 2.16. The molecule has 0 aliphatic heterocycles. The molecule has 0 fully saturated rings. The van der Waals surface area contributed by atoms with E-state index in [1.54, 1.807) is 10.7 Å². The molecule has 1 heterocycles. The van der Waals surface area contributed by atoms with Crippen LogP contribution < -0.4 is 0 Å². The van der Waals surface area contributed by atoms with Crippen LogP contribution in [0.1, 0.15) is 17.3 Å². The van der Waals surface area contributed by atoms with Gasteiger partial charge in [-0.15, -0.1) is 5.10 Å². The molecule has 1 aromatic heterocycles. The Morgan fingerprint density at radius 1 is 1.24 bits per heavy atom. The Morgan fingerprint density at radius 2 is 2.00 bits per heavy atom. The lowest BCUT2D eigenvalue weighted by Crippen LogP contribution is -2.04. The van der Waals surface area contributed by atoms with Gasteiger partial charge in [0.1, 0.15) is 5.52 Å². The largest absolute Gasteiger partial charge is 0.294 e. The summed E-state index contributed by atoms with van der Waals surface area (Å²) in [7, 11) is 0. The second-order valence-corrected chi connectivity index (χ2v) is 4.50. The number of aromatic nitrogens is 3. The van der Waals surface area contributed by atoms with Gasteiger partial charge in [0, 0.05) is 6.07 Å². The number of fused-ring (bicyclic) bond motifs is 1. The third kappa shape index (κ3) is 2.14. The standard InChI is InChI=1S/C14H10N4O3/c1-9(19)11-8-10(6-7-13(11)18(20)21)17-14-5-3-2-4-12(14)15-16-17/h2-8H,1H3. The summed E-state index contributed by atoms with van der Waals surface area (Å²) in [5, 5.41) is 19.0. The number of rotatable bonds is 3. The molecule has 7 nitrogen and oxygen atoms in total. The van der Waals surface area contributed by atoms with Gasteiger partial charge in [0.2, 0.25) is 0 Å². The lowest BCUT2D eigenvalue weighted by Gasteiger charge is -2.05. The molecule has 0 spiro atoms. The van der Waals surface area contributed by atoms with Crippen LogP contribution in [0, 0.1) is 10.1 Å². The molecule has 7 heteroatoms. The molecule has 0 N–H and O–H groups in total. The van der Waals surface area contributed by atoms with Gasteiger partial charge in [0.05, 0.1) is 21.7 Å². The van der Waals surface area contributed by atoms with E-state index >= 15 is 0 Å². The average Bonchev–Trinajstić information content (AvgIpc) is 2.90. The molecule has 3 aromatic rings. The lowest BCUT2D eigenvalue weighted by atomic mass is 10.1. The van der Waals surface area contributed by atoms with Crippen molar-refractivity contribution in [1.29, 1.82) is 0 Å². The van der Waals surface area contributed by atoms with E-state index in [1.165, 1.54) is 19.1 Å². The number of ketones is 1. The van der Waals surface area contributed by atoms with Crippen LogP contribution >= 0.6 is 0 Å². The van der Waals surface area contributed by atoms with Crippen LogP contribution in [0.15, 0.2) is 42.5 Å². The minimum atomic E-state index is -0.569. The summed E-state index contributed by atoms with van der Waals surface area (Å²) in [6.45, 7) is 1.30. The Bertz CT molecular complexity index is 870. The molecule has 3 rings (SSSR count). The summed E-state index contributed by atoms with van der Waals surface area (Å²) >= 11 is 0. The number of nitrogens with zero attached hydrogens (tertiary/aromatic N) is 4. The number of hydrogen-bond donors (Lipinski definition) is 0. The molecule has 0 radical (unpaired) electrons. The first-order valence-electron chi connectivity index (χ1n) is 6.18. The first-order chi connectivity index (χ1) is 10.1. The predicted octanol–water partition coefficient (Wildman–Crippen LogP) is 2.53. The second kappa shape index (κ2) is 4.78. The van der Waals surface area contributed by atoms with Crippen molar-refractivity contribution in [1.82, 2.24) is 15.0 Å². The third-order valence-corrected chi connectivity index (χ3v) is 3.15. The van der Waals surface area contributed by atoms with Crippen LogP contribution in [0.2, 0.25) is 0 Å². The molecular weight excluding hydrogens is 272 g/mol. The van der Waals surface area contributed by atoms with Crippen molar-refractivity contribution in [2.45, 2.75) is 6.92 Å². The molecule has 0 saturated heterocycles. The molecule has 2 aromatic carbocycles. The Labute approximate surface area is 119 Å². The third-order valence-electron chi connectivity index (χ3n) is 3.15. The Kier molecular flexibility index (Phi) is 2.94. The van der Waals surface area contributed by atoms with Crippen LogP contribution in [0.5, 0.6) is 0 Å². The lowest BCUT2D eigenvalue weighted by molar-refractivity contribution is -0.385. The van der Waals surface area contributed by atoms with Gasteiger partial charge >= 0.3 is 0 Å². The summed E-state index contributed by atoms with van der Waals surface area (Å²) in [6.07, 6.45) is 0. The molecule has 0 amide bonds. The summed E-state index contributed by atoms with van der Waals surface area (Å²) < 4.78 is 1.55. The van der Waals surface area contributed by atoms with Crippen molar-refractivity contribution in [3.8, 4) is 5.69 Å². The number of carbonyl (C=O) groups is 1. The highest BCUT2D eigenvalue weighted by molar-refractivity contribution is 5.98. The summed E-state index contributed by atoms with van der Waals surface area (Å²) in [5.41, 5.74) is 1.87. The molecular formula is C14H10N4O3. The predicted molar refractivity (Wildman–Crippen MR) is 75.5 cm³/mol. The van der Waals surface area contributed by atoms with Gasteiger partial charge in [-0.1, -0.05) is 17.3 Å². The van der Waals surface area contributed by atoms with Crippen LogP contribution in [0.4, 0.5) is 5.69 Å². The average molecular weight is 282 g/mol. The van der Waals surface area contributed by atoms with Crippen molar-refractivity contribution < 1.29 is 9.72 Å². The van der Waals surface area contributed by atoms with Crippen LogP contribution in [0.25, 0.3) is 16.7 Å². The number of para-hydroxylation sites is 1. The minimum absolute atomic E-state index is 0.0529. The van der Waals surface area contributed by atoms with E-state index in [9.17, 15) is 14.9 Å². The Morgan fingerprint density at radius 3 is 2.71 bits per heavy atom. The monoisotopic (exact) mass is 282 g/mol. The van der Waals surface area contributed by atoms with E-state index in [0.29, 0.717) is 11.2 Å². The molecule has 104 valence electrons. The maximum Gasteiger partial charge on any atom is 0.280 e. The SMILES string of the molecule is CC(=O)c1cc(-n2nnc3ccccc32)ccc1[N+](=O)[O-]. The Hall–Kier alpha value is -3.09. The maximum atomic E-state index is 11.6. The summed E-state index contributed by atoms with van der Waals surface area (Å²) in [5.74, 6) is -0.368. The zero-order valence-electron chi connectivity index (χ0n) is 11.1. The number of nitro benzene ring substituents is 1.